The Bertz CT molecular complexity index is 2830. The van der Waals surface area contributed by atoms with Crippen molar-refractivity contribution in [3.63, 3.8) is 0 Å². The molecule has 0 fully saturated rings. The molecular weight excluding hydrogens is 633 g/mol. The van der Waals surface area contributed by atoms with Crippen molar-refractivity contribution in [2.75, 3.05) is 0 Å². The molecule has 3 heteroatoms. The SMILES string of the molecule is c1ccc(-c2nc(-c3ccc(-c4cc5c(c6ccccc46)C4(c6ccccc6Oc6ccccc64)c4ccccc4-5)cc3)nc3ccccc23)cc1. The maximum absolute atomic E-state index is 6.59. The van der Waals surface area contributed by atoms with Gasteiger partial charge < -0.3 is 4.74 Å². The molecule has 0 radical (unpaired) electrons. The molecule has 11 rings (SSSR count). The Balaban J connectivity index is 1.13. The van der Waals surface area contributed by atoms with E-state index in [0.717, 1.165) is 50.6 Å². The summed E-state index contributed by atoms with van der Waals surface area (Å²) in [5, 5.41) is 3.51. The van der Waals surface area contributed by atoms with Crippen LogP contribution < -0.4 is 4.74 Å². The molecule has 0 unspecified atom stereocenters. The first-order chi connectivity index (χ1) is 25.8. The zero-order valence-corrected chi connectivity index (χ0v) is 28.1. The molecule has 0 amide bonds. The molecule has 1 spiro atoms. The van der Waals surface area contributed by atoms with Gasteiger partial charge in [0.05, 0.1) is 16.6 Å². The molecule has 2 heterocycles. The van der Waals surface area contributed by atoms with Crippen LogP contribution in [-0.2, 0) is 5.41 Å². The van der Waals surface area contributed by atoms with E-state index in [1.807, 2.05) is 18.2 Å². The Labute approximate surface area is 301 Å². The molecule has 1 aliphatic carbocycles. The summed E-state index contributed by atoms with van der Waals surface area (Å²) < 4.78 is 6.59. The lowest BCUT2D eigenvalue weighted by Crippen LogP contribution is -2.32. The molecule has 0 bridgehead atoms. The highest BCUT2D eigenvalue weighted by molar-refractivity contribution is 6.08. The van der Waals surface area contributed by atoms with Gasteiger partial charge >= 0.3 is 0 Å². The lowest BCUT2D eigenvalue weighted by molar-refractivity contribution is 0.437. The van der Waals surface area contributed by atoms with E-state index in [1.54, 1.807) is 0 Å². The van der Waals surface area contributed by atoms with Crippen molar-refractivity contribution in [3.05, 3.63) is 204 Å². The van der Waals surface area contributed by atoms with E-state index in [2.05, 4.69) is 164 Å². The third-order valence-electron chi connectivity index (χ3n) is 10.9. The third kappa shape index (κ3) is 4.02. The number of hydrogen-bond donors (Lipinski definition) is 0. The van der Waals surface area contributed by atoms with Crippen molar-refractivity contribution in [2.45, 2.75) is 5.41 Å². The predicted molar refractivity (Wildman–Crippen MR) is 211 cm³/mol. The molecule has 3 nitrogen and oxygen atoms in total. The van der Waals surface area contributed by atoms with Crippen LogP contribution in [0.4, 0.5) is 0 Å². The number of ether oxygens (including phenoxy) is 1. The average Bonchev–Trinajstić information content (AvgIpc) is 3.51. The molecule has 1 aromatic heterocycles. The summed E-state index contributed by atoms with van der Waals surface area (Å²) in [6.45, 7) is 0. The van der Waals surface area contributed by atoms with Crippen LogP contribution in [-0.4, -0.2) is 9.97 Å². The van der Waals surface area contributed by atoms with Gasteiger partial charge in [-0.15, -0.1) is 0 Å². The third-order valence-corrected chi connectivity index (χ3v) is 10.9. The Morgan fingerprint density at radius 3 is 1.71 bits per heavy atom. The van der Waals surface area contributed by atoms with Crippen LogP contribution in [0.1, 0.15) is 22.3 Å². The van der Waals surface area contributed by atoms with Crippen LogP contribution >= 0.6 is 0 Å². The summed E-state index contributed by atoms with van der Waals surface area (Å²) in [6.07, 6.45) is 0. The van der Waals surface area contributed by atoms with Gasteiger partial charge in [0.1, 0.15) is 11.5 Å². The topological polar surface area (TPSA) is 35.0 Å². The Morgan fingerprint density at radius 1 is 0.385 bits per heavy atom. The molecule has 1 aliphatic heterocycles. The Morgan fingerprint density at radius 2 is 0.962 bits per heavy atom. The van der Waals surface area contributed by atoms with Crippen LogP contribution in [0.2, 0.25) is 0 Å². The first kappa shape index (κ1) is 28.9. The zero-order chi connectivity index (χ0) is 34.2. The van der Waals surface area contributed by atoms with E-state index < -0.39 is 5.41 Å². The van der Waals surface area contributed by atoms with Crippen molar-refractivity contribution in [1.29, 1.82) is 0 Å². The molecule has 0 N–H and O–H groups in total. The molecule has 0 saturated heterocycles. The molecule has 242 valence electrons. The molecule has 2 aliphatic rings. The van der Waals surface area contributed by atoms with Crippen LogP contribution in [0.3, 0.4) is 0 Å². The van der Waals surface area contributed by atoms with Crippen molar-refractivity contribution in [3.8, 4) is 56.4 Å². The van der Waals surface area contributed by atoms with E-state index in [1.165, 1.54) is 49.7 Å². The fraction of sp³-hybridized carbons (Fsp3) is 0.0204. The summed E-state index contributed by atoms with van der Waals surface area (Å²) in [5.74, 6) is 2.52. The van der Waals surface area contributed by atoms with Gasteiger partial charge in [-0.25, -0.2) is 9.97 Å². The number of para-hydroxylation sites is 3. The van der Waals surface area contributed by atoms with Gasteiger partial charge in [0.15, 0.2) is 5.82 Å². The Kier molecular flexibility index (Phi) is 6.17. The highest BCUT2D eigenvalue weighted by atomic mass is 16.5. The van der Waals surface area contributed by atoms with Crippen LogP contribution in [0, 0.1) is 0 Å². The largest absolute Gasteiger partial charge is 0.457 e. The minimum absolute atomic E-state index is 0.525. The molecule has 52 heavy (non-hydrogen) atoms. The van der Waals surface area contributed by atoms with Gasteiger partial charge in [-0.1, -0.05) is 158 Å². The first-order valence-corrected chi connectivity index (χ1v) is 17.7. The van der Waals surface area contributed by atoms with E-state index in [4.69, 9.17) is 14.7 Å². The minimum atomic E-state index is -0.525. The molecule has 0 atom stereocenters. The van der Waals surface area contributed by atoms with E-state index in [-0.39, 0.29) is 0 Å². The van der Waals surface area contributed by atoms with Gasteiger partial charge in [-0.05, 0) is 68.4 Å². The first-order valence-electron chi connectivity index (χ1n) is 17.7. The number of benzene rings is 8. The van der Waals surface area contributed by atoms with Crippen LogP contribution in [0.5, 0.6) is 11.5 Å². The summed E-state index contributed by atoms with van der Waals surface area (Å²) in [6, 6.07) is 64.8. The summed E-state index contributed by atoms with van der Waals surface area (Å²) in [5.41, 5.74) is 13.2. The Hall–Kier alpha value is -6.84. The normalized spacial score (nSPS) is 13.3. The number of fused-ring (bicyclic) bond motifs is 12. The van der Waals surface area contributed by atoms with Crippen LogP contribution in [0.25, 0.3) is 66.6 Å². The quantitative estimate of drug-likeness (QED) is 0.189. The van der Waals surface area contributed by atoms with E-state index in [9.17, 15) is 0 Å². The maximum Gasteiger partial charge on any atom is 0.160 e. The molecule has 0 saturated carbocycles. The van der Waals surface area contributed by atoms with Gasteiger partial charge in [0, 0.05) is 27.6 Å². The average molecular weight is 663 g/mol. The maximum atomic E-state index is 6.59. The van der Waals surface area contributed by atoms with Crippen LogP contribution in [0.15, 0.2) is 182 Å². The van der Waals surface area contributed by atoms with Gasteiger partial charge in [-0.3, -0.25) is 0 Å². The lowest BCUT2D eigenvalue weighted by atomic mass is 9.65. The molecular formula is C49H30N2O. The second-order valence-corrected chi connectivity index (χ2v) is 13.6. The van der Waals surface area contributed by atoms with E-state index >= 15 is 0 Å². The standard InChI is InChI=1S/C49H30N2O/c1-2-14-32(15-3-1)47-37-19-7-11-23-43(37)50-48(51-47)33-28-26-31(27-29-33)38-30-39-35-17-6-8-20-40(35)49(46(39)36-18-5-4-16-34(36)38)41-21-9-12-24-44(41)52-45-25-13-10-22-42(45)49/h1-30H. The summed E-state index contributed by atoms with van der Waals surface area (Å²) in [7, 11) is 0. The van der Waals surface area contributed by atoms with Gasteiger partial charge in [0.25, 0.3) is 0 Å². The zero-order valence-electron chi connectivity index (χ0n) is 28.1. The fourth-order valence-corrected chi connectivity index (χ4v) is 8.78. The van der Waals surface area contributed by atoms with E-state index in [0.29, 0.717) is 0 Å². The second kappa shape index (κ2) is 11.1. The lowest BCUT2D eigenvalue weighted by Gasteiger charge is -2.40. The number of nitrogens with zero attached hydrogens (tertiary/aromatic N) is 2. The van der Waals surface area contributed by atoms with Gasteiger partial charge in [0.2, 0.25) is 0 Å². The molecule has 9 aromatic rings. The van der Waals surface area contributed by atoms with Crippen molar-refractivity contribution < 1.29 is 4.74 Å². The number of hydrogen-bond acceptors (Lipinski definition) is 3. The fourth-order valence-electron chi connectivity index (χ4n) is 8.78. The summed E-state index contributed by atoms with van der Waals surface area (Å²) in [4.78, 5) is 10.1. The highest BCUT2D eigenvalue weighted by Gasteiger charge is 2.52. The smallest absolute Gasteiger partial charge is 0.160 e. The highest BCUT2D eigenvalue weighted by Crippen LogP contribution is 2.64. The summed E-state index contributed by atoms with van der Waals surface area (Å²) >= 11 is 0. The van der Waals surface area contributed by atoms with Crippen molar-refractivity contribution in [1.82, 2.24) is 9.97 Å². The predicted octanol–water partition coefficient (Wildman–Crippen LogP) is 12.3. The van der Waals surface area contributed by atoms with Crippen molar-refractivity contribution in [2.24, 2.45) is 0 Å². The number of rotatable bonds is 3. The number of aromatic nitrogens is 2. The minimum Gasteiger partial charge on any atom is -0.457 e. The second-order valence-electron chi connectivity index (χ2n) is 13.6. The molecule has 8 aromatic carbocycles. The van der Waals surface area contributed by atoms with Gasteiger partial charge in [-0.2, -0.15) is 0 Å². The van der Waals surface area contributed by atoms with Crippen molar-refractivity contribution >= 4 is 21.7 Å². The monoisotopic (exact) mass is 662 g/mol.